The molecule has 1 aromatic rings. The van der Waals surface area contributed by atoms with Crippen molar-refractivity contribution in [3.05, 3.63) is 23.8 Å². The van der Waals surface area contributed by atoms with Crippen LogP contribution in [0.4, 0.5) is 0 Å². The number of benzene rings is 1. The Kier molecular flexibility index (Phi) is 4.46. The summed E-state index contributed by atoms with van der Waals surface area (Å²) >= 11 is 0. The fourth-order valence-electron chi connectivity index (χ4n) is 3.48. The predicted octanol–water partition coefficient (Wildman–Crippen LogP) is 1.34. The van der Waals surface area contributed by atoms with Gasteiger partial charge < -0.3 is 24.2 Å². The van der Waals surface area contributed by atoms with Crippen molar-refractivity contribution in [2.45, 2.75) is 38.1 Å². The van der Waals surface area contributed by atoms with E-state index in [-0.39, 0.29) is 12.1 Å². The summed E-state index contributed by atoms with van der Waals surface area (Å²) in [6.45, 7) is 4.89. The van der Waals surface area contributed by atoms with Crippen LogP contribution in [-0.4, -0.2) is 60.8 Å². The molecule has 0 amide bonds. The predicted molar refractivity (Wildman–Crippen MR) is 80.5 cm³/mol. The molecule has 2 N–H and O–H groups in total. The lowest BCUT2D eigenvalue weighted by Crippen LogP contribution is -2.50. The zero-order valence-electron chi connectivity index (χ0n) is 13.4. The van der Waals surface area contributed by atoms with Crippen LogP contribution in [0.25, 0.3) is 0 Å². The Morgan fingerprint density at radius 3 is 2.24 bits per heavy atom. The van der Waals surface area contributed by atoms with E-state index in [0.29, 0.717) is 16.0 Å². The van der Waals surface area contributed by atoms with E-state index in [4.69, 9.17) is 9.47 Å². The molecular weight excluding hydrogens is 270 g/mol. The third kappa shape index (κ3) is 2.39. The number of likely N-dealkylation sites (tertiary alicyclic amines) is 1. The number of likely N-dealkylation sites (N-methyl/N-ethyl adjacent to an activating group) is 1. The molecule has 21 heavy (non-hydrogen) atoms. The summed E-state index contributed by atoms with van der Waals surface area (Å²) < 4.78 is 11.2. The monoisotopic (exact) mass is 296 g/mol. The van der Waals surface area contributed by atoms with Gasteiger partial charge >= 0.3 is 0 Å². The Hall–Kier alpha value is -1.30. The number of aliphatic hydroxyl groups excluding tert-OH is 2. The highest BCUT2D eigenvalue weighted by Gasteiger charge is 2.55. The molecule has 1 aliphatic rings. The van der Waals surface area contributed by atoms with E-state index in [1.807, 2.05) is 25.1 Å². The summed E-state index contributed by atoms with van der Waals surface area (Å²) in [5, 5.41) is 20.8. The molecule has 0 spiro atoms. The first-order chi connectivity index (χ1) is 9.90. The van der Waals surface area contributed by atoms with Crippen LogP contribution in [0.1, 0.15) is 25.5 Å². The van der Waals surface area contributed by atoms with E-state index < -0.39 is 12.2 Å². The normalized spacial score (nSPS) is 35.8. The average molecular weight is 296 g/mol. The quantitative estimate of drug-likeness (QED) is 0.823. The first kappa shape index (κ1) is 16.1. The maximum absolute atomic E-state index is 10.5. The highest BCUT2D eigenvalue weighted by molar-refractivity contribution is 5.44. The number of rotatable bonds is 4. The molecule has 0 aliphatic carbocycles. The van der Waals surface area contributed by atoms with E-state index in [2.05, 4.69) is 14.0 Å². The minimum absolute atomic E-state index is 0.0249. The van der Waals surface area contributed by atoms with Crippen molar-refractivity contribution < 1.29 is 24.2 Å². The lowest BCUT2D eigenvalue weighted by molar-refractivity contribution is -0.948. The molecular formula is C16H26NO4+. The van der Waals surface area contributed by atoms with Gasteiger partial charge in [0.15, 0.2) is 11.5 Å². The highest BCUT2D eigenvalue weighted by Crippen LogP contribution is 2.44. The van der Waals surface area contributed by atoms with Crippen molar-refractivity contribution in [3.63, 3.8) is 0 Å². The third-order valence-electron chi connectivity index (χ3n) is 5.16. The largest absolute Gasteiger partial charge is 0.493 e. The molecule has 0 aromatic heterocycles. The molecule has 1 unspecified atom stereocenters. The van der Waals surface area contributed by atoms with E-state index in [1.54, 1.807) is 14.2 Å². The number of aliphatic hydroxyl groups is 2. The number of hydrogen-bond acceptors (Lipinski definition) is 4. The fourth-order valence-corrected chi connectivity index (χ4v) is 3.48. The first-order valence-corrected chi connectivity index (χ1v) is 7.33. The smallest absolute Gasteiger partial charge is 0.161 e. The average Bonchev–Trinajstić information content (AvgIpc) is 2.68. The molecule has 2 rings (SSSR count). The fraction of sp³-hybridized carbons (Fsp3) is 0.625. The van der Waals surface area contributed by atoms with Gasteiger partial charge in [0.05, 0.1) is 27.8 Å². The van der Waals surface area contributed by atoms with Crippen molar-refractivity contribution in [2.75, 3.05) is 27.8 Å². The summed E-state index contributed by atoms with van der Waals surface area (Å²) in [5.41, 5.74) is 0.952. The van der Waals surface area contributed by atoms with E-state index in [9.17, 15) is 10.2 Å². The summed E-state index contributed by atoms with van der Waals surface area (Å²) in [6, 6.07) is 5.47. The van der Waals surface area contributed by atoms with Crippen LogP contribution in [-0.2, 0) is 0 Å². The summed E-state index contributed by atoms with van der Waals surface area (Å²) in [4.78, 5) is 0. The second kappa shape index (κ2) is 5.83. The molecule has 1 aliphatic heterocycles. The van der Waals surface area contributed by atoms with E-state index in [0.717, 1.165) is 12.1 Å². The van der Waals surface area contributed by atoms with Crippen LogP contribution in [0.2, 0.25) is 0 Å². The molecule has 0 bridgehead atoms. The van der Waals surface area contributed by atoms with Crippen LogP contribution in [0.3, 0.4) is 0 Å². The van der Waals surface area contributed by atoms with Gasteiger partial charge in [0.2, 0.25) is 0 Å². The van der Waals surface area contributed by atoms with Crippen molar-refractivity contribution >= 4 is 0 Å². The van der Waals surface area contributed by atoms with Crippen molar-refractivity contribution in [3.8, 4) is 11.5 Å². The van der Waals surface area contributed by atoms with Gasteiger partial charge in [-0.15, -0.1) is 0 Å². The number of nitrogens with zero attached hydrogens (tertiary/aromatic N) is 1. The summed E-state index contributed by atoms with van der Waals surface area (Å²) in [7, 11) is 5.27. The number of hydrogen-bond donors (Lipinski definition) is 2. The molecule has 5 atom stereocenters. The van der Waals surface area contributed by atoms with Crippen LogP contribution < -0.4 is 9.47 Å². The Balaban J connectivity index is 2.48. The summed E-state index contributed by atoms with van der Waals surface area (Å²) in [6.07, 6.45) is -1.52. The molecule has 1 fully saturated rings. The minimum Gasteiger partial charge on any atom is -0.493 e. The molecule has 5 heteroatoms. The van der Waals surface area contributed by atoms with Crippen LogP contribution >= 0.6 is 0 Å². The maximum atomic E-state index is 10.5. The number of quaternary nitrogens is 1. The Morgan fingerprint density at radius 1 is 1.10 bits per heavy atom. The van der Waals surface area contributed by atoms with Crippen molar-refractivity contribution in [1.29, 1.82) is 0 Å². The zero-order valence-corrected chi connectivity index (χ0v) is 13.4. The van der Waals surface area contributed by atoms with E-state index in [1.165, 1.54) is 0 Å². The lowest BCUT2D eigenvalue weighted by Gasteiger charge is -2.39. The second-order valence-corrected chi connectivity index (χ2v) is 5.94. The molecule has 1 aromatic carbocycles. The molecule has 1 saturated heterocycles. The van der Waals surface area contributed by atoms with Crippen LogP contribution in [0, 0.1) is 0 Å². The van der Waals surface area contributed by atoms with Gasteiger partial charge in [-0.2, -0.15) is 0 Å². The number of ether oxygens (including phenoxy) is 2. The first-order valence-electron chi connectivity index (χ1n) is 7.33. The van der Waals surface area contributed by atoms with Gasteiger partial charge in [-0.05, 0) is 32.0 Å². The van der Waals surface area contributed by atoms with Crippen molar-refractivity contribution in [2.24, 2.45) is 0 Å². The topological polar surface area (TPSA) is 58.9 Å². The SMILES string of the molecule is CC[N+]1(C)[C@H](C)[C@H](O)[C@@H](O)[C@H]1c1ccc(OC)c(OC)c1. The molecule has 118 valence electrons. The molecule has 0 radical (unpaired) electrons. The second-order valence-electron chi connectivity index (χ2n) is 5.94. The Labute approximate surface area is 126 Å². The van der Waals surface area contributed by atoms with Gasteiger partial charge in [0, 0.05) is 5.56 Å². The highest BCUT2D eigenvalue weighted by atomic mass is 16.5. The van der Waals surface area contributed by atoms with Gasteiger partial charge in [0.1, 0.15) is 24.3 Å². The minimum atomic E-state index is -0.789. The van der Waals surface area contributed by atoms with Crippen LogP contribution in [0.5, 0.6) is 11.5 Å². The molecule has 5 nitrogen and oxygen atoms in total. The third-order valence-corrected chi connectivity index (χ3v) is 5.16. The Bertz CT molecular complexity index is 507. The summed E-state index contributed by atoms with van der Waals surface area (Å²) in [5.74, 6) is 1.30. The Morgan fingerprint density at radius 2 is 1.71 bits per heavy atom. The molecule has 0 saturated carbocycles. The zero-order chi connectivity index (χ0) is 15.8. The standard InChI is InChI=1S/C16H26NO4/c1-6-17(3)10(2)15(18)16(19)14(17)11-7-8-12(20-4)13(9-11)21-5/h7-10,14-16,18-19H,6H2,1-5H3/q+1/t10-,14-,15+,16+,17?/m1/s1. The van der Waals surface area contributed by atoms with Gasteiger partial charge in [-0.1, -0.05) is 0 Å². The van der Waals surface area contributed by atoms with Gasteiger partial charge in [-0.3, -0.25) is 0 Å². The molecule has 1 heterocycles. The van der Waals surface area contributed by atoms with Crippen LogP contribution in [0.15, 0.2) is 18.2 Å². The van der Waals surface area contributed by atoms with E-state index >= 15 is 0 Å². The number of methoxy groups -OCH3 is 2. The van der Waals surface area contributed by atoms with Gasteiger partial charge in [0.25, 0.3) is 0 Å². The maximum Gasteiger partial charge on any atom is 0.161 e. The van der Waals surface area contributed by atoms with Crippen molar-refractivity contribution in [1.82, 2.24) is 0 Å². The van der Waals surface area contributed by atoms with Gasteiger partial charge in [-0.25, -0.2) is 0 Å². The lowest BCUT2D eigenvalue weighted by atomic mass is 9.99.